The van der Waals surface area contributed by atoms with Crippen molar-refractivity contribution in [1.29, 1.82) is 0 Å². The Kier molecular flexibility index (Phi) is 3.09. The molecule has 1 atom stereocenters. The van der Waals surface area contributed by atoms with Crippen molar-refractivity contribution in [3.8, 4) is 0 Å². The molecule has 16 heavy (non-hydrogen) atoms. The van der Waals surface area contributed by atoms with E-state index in [1.165, 1.54) is 19.2 Å². The summed E-state index contributed by atoms with van der Waals surface area (Å²) in [6.07, 6.45) is -0.452. The Hall–Kier alpha value is -1.17. The summed E-state index contributed by atoms with van der Waals surface area (Å²) < 4.78 is 23.5. The SMILES string of the molecule is COC(CN)c1nc2cc(F)cc(Cl)c2o1. The Morgan fingerprint density at radius 3 is 3.00 bits per heavy atom. The molecule has 0 fully saturated rings. The smallest absolute Gasteiger partial charge is 0.226 e. The Morgan fingerprint density at radius 1 is 1.62 bits per heavy atom. The van der Waals surface area contributed by atoms with Crippen LogP contribution in [0, 0.1) is 5.82 Å². The van der Waals surface area contributed by atoms with Crippen LogP contribution in [0.25, 0.3) is 11.1 Å². The number of nitrogens with zero attached hydrogens (tertiary/aromatic N) is 1. The van der Waals surface area contributed by atoms with Gasteiger partial charge >= 0.3 is 0 Å². The number of aromatic nitrogens is 1. The molecule has 0 aliphatic heterocycles. The van der Waals surface area contributed by atoms with Crippen molar-refractivity contribution < 1.29 is 13.5 Å². The molecule has 2 aromatic rings. The number of hydrogen-bond acceptors (Lipinski definition) is 4. The average molecular weight is 245 g/mol. The van der Waals surface area contributed by atoms with E-state index in [0.29, 0.717) is 17.0 Å². The summed E-state index contributed by atoms with van der Waals surface area (Å²) in [6, 6.07) is 2.42. The molecule has 4 nitrogen and oxygen atoms in total. The van der Waals surface area contributed by atoms with Crippen molar-refractivity contribution in [1.82, 2.24) is 4.98 Å². The van der Waals surface area contributed by atoms with E-state index < -0.39 is 11.9 Å². The quantitative estimate of drug-likeness (QED) is 0.900. The molecule has 0 aliphatic rings. The summed E-state index contributed by atoms with van der Waals surface area (Å²) in [5.41, 5.74) is 6.17. The van der Waals surface area contributed by atoms with Crippen LogP contribution in [0.1, 0.15) is 12.0 Å². The maximum absolute atomic E-state index is 13.0. The molecule has 1 aromatic carbocycles. The van der Waals surface area contributed by atoms with E-state index >= 15 is 0 Å². The molecule has 0 spiro atoms. The summed E-state index contributed by atoms with van der Waals surface area (Å²) in [5.74, 6) is -0.161. The minimum Gasteiger partial charge on any atom is -0.436 e. The molecule has 0 aliphatic carbocycles. The molecule has 0 radical (unpaired) electrons. The first-order valence-electron chi connectivity index (χ1n) is 4.64. The van der Waals surface area contributed by atoms with Gasteiger partial charge in [-0.3, -0.25) is 0 Å². The molecule has 2 N–H and O–H groups in total. The third kappa shape index (κ3) is 1.89. The van der Waals surface area contributed by atoms with Gasteiger partial charge in [-0.2, -0.15) is 0 Å². The lowest BCUT2D eigenvalue weighted by molar-refractivity contribution is 0.0878. The molecule has 0 amide bonds. The van der Waals surface area contributed by atoms with Crippen molar-refractivity contribution in [2.75, 3.05) is 13.7 Å². The predicted molar refractivity (Wildman–Crippen MR) is 57.8 cm³/mol. The third-order valence-corrected chi connectivity index (χ3v) is 2.48. The van der Waals surface area contributed by atoms with Crippen LogP contribution in [-0.2, 0) is 4.74 Å². The molecular formula is C10H10ClFN2O2. The predicted octanol–water partition coefficient (Wildman–Crippen LogP) is 2.27. The van der Waals surface area contributed by atoms with Crippen LogP contribution >= 0.6 is 11.6 Å². The highest BCUT2D eigenvalue weighted by Crippen LogP contribution is 2.28. The lowest BCUT2D eigenvalue weighted by atomic mass is 10.3. The monoisotopic (exact) mass is 244 g/mol. The van der Waals surface area contributed by atoms with Gasteiger partial charge in [0.25, 0.3) is 0 Å². The van der Waals surface area contributed by atoms with Crippen LogP contribution in [0.5, 0.6) is 0 Å². The summed E-state index contributed by atoms with van der Waals surface area (Å²) in [7, 11) is 1.49. The van der Waals surface area contributed by atoms with Gasteiger partial charge in [-0.25, -0.2) is 9.37 Å². The number of halogens is 2. The third-order valence-electron chi connectivity index (χ3n) is 2.20. The number of rotatable bonds is 3. The molecule has 0 saturated heterocycles. The first kappa shape index (κ1) is 11.3. The summed E-state index contributed by atoms with van der Waals surface area (Å²) >= 11 is 5.82. The molecule has 86 valence electrons. The molecule has 1 aromatic heterocycles. The lowest BCUT2D eigenvalue weighted by Gasteiger charge is -2.06. The van der Waals surface area contributed by atoms with Crippen LogP contribution in [0.2, 0.25) is 5.02 Å². The topological polar surface area (TPSA) is 61.3 Å². The van der Waals surface area contributed by atoms with E-state index in [2.05, 4.69) is 4.98 Å². The van der Waals surface area contributed by atoms with E-state index in [0.717, 1.165) is 0 Å². The highest BCUT2D eigenvalue weighted by Gasteiger charge is 2.18. The fourth-order valence-corrected chi connectivity index (χ4v) is 1.65. The highest BCUT2D eigenvalue weighted by molar-refractivity contribution is 6.34. The van der Waals surface area contributed by atoms with Crippen molar-refractivity contribution in [2.24, 2.45) is 5.73 Å². The van der Waals surface area contributed by atoms with Gasteiger partial charge in [-0.15, -0.1) is 0 Å². The van der Waals surface area contributed by atoms with Crippen molar-refractivity contribution >= 4 is 22.7 Å². The van der Waals surface area contributed by atoms with Gasteiger partial charge in [-0.1, -0.05) is 11.6 Å². The maximum atomic E-state index is 13.0. The van der Waals surface area contributed by atoms with Crippen LogP contribution in [0.4, 0.5) is 4.39 Å². The summed E-state index contributed by atoms with van der Waals surface area (Å²) in [5, 5.41) is 0.181. The normalized spacial score (nSPS) is 13.2. The first-order chi connectivity index (χ1) is 7.65. The number of hydrogen-bond donors (Lipinski definition) is 1. The van der Waals surface area contributed by atoms with Crippen LogP contribution in [-0.4, -0.2) is 18.6 Å². The standard InChI is InChI=1S/C10H10ClFN2O2/c1-15-8(4-13)10-14-7-3-5(12)2-6(11)9(7)16-10/h2-3,8H,4,13H2,1H3. The van der Waals surface area contributed by atoms with Crippen molar-refractivity contribution in [3.05, 3.63) is 28.9 Å². The van der Waals surface area contributed by atoms with Gasteiger partial charge in [0.15, 0.2) is 5.58 Å². The van der Waals surface area contributed by atoms with Gasteiger partial charge < -0.3 is 14.9 Å². The van der Waals surface area contributed by atoms with Gasteiger partial charge in [0.2, 0.25) is 5.89 Å². The maximum Gasteiger partial charge on any atom is 0.226 e. The Bertz CT molecular complexity index is 511. The number of benzene rings is 1. The first-order valence-corrected chi connectivity index (χ1v) is 5.02. The Balaban J connectivity index is 2.55. The van der Waals surface area contributed by atoms with E-state index in [9.17, 15) is 4.39 Å². The fraction of sp³-hybridized carbons (Fsp3) is 0.300. The average Bonchev–Trinajstić information content (AvgIpc) is 2.63. The van der Waals surface area contributed by atoms with E-state index in [1.807, 2.05) is 0 Å². The van der Waals surface area contributed by atoms with Crippen molar-refractivity contribution in [2.45, 2.75) is 6.10 Å². The summed E-state index contributed by atoms with van der Waals surface area (Å²) in [6.45, 7) is 0.226. The zero-order valence-corrected chi connectivity index (χ0v) is 9.29. The molecule has 2 rings (SSSR count). The van der Waals surface area contributed by atoms with Crippen LogP contribution < -0.4 is 5.73 Å². The molecule has 0 bridgehead atoms. The van der Waals surface area contributed by atoms with E-state index in [1.54, 1.807) is 0 Å². The Labute approximate surface area is 96.1 Å². The number of methoxy groups -OCH3 is 1. The Morgan fingerprint density at radius 2 is 2.38 bits per heavy atom. The lowest BCUT2D eigenvalue weighted by Crippen LogP contribution is -2.14. The van der Waals surface area contributed by atoms with E-state index in [4.69, 9.17) is 26.5 Å². The molecule has 0 saturated carbocycles. The number of ether oxygens (including phenoxy) is 1. The van der Waals surface area contributed by atoms with Crippen molar-refractivity contribution in [3.63, 3.8) is 0 Å². The zero-order valence-electron chi connectivity index (χ0n) is 8.54. The molecule has 6 heteroatoms. The highest BCUT2D eigenvalue weighted by atomic mass is 35.5. The second-order valence-corrected chi connectivity index (χ2v) is 3.66. The number of fused-ring (bicyclic) bond motifs is 1. The van der Waals surface area contributed by atoms with Gasteiger partial charge in [0.1, 0.15) is 17.4 Å². The van der Waals surface area contributed by atoms with Gasteiger partial charge in [-0.05, 0) is 6.07 Å². The fourth-order valence-electron chi connectivity index (χ4n) is 1.41. The minimum atomic E-state index is -0.459. The minimum absolute atomic E-state index is 0.181. The molecule has 1 heterocycles. The second kappa shape index (κ2) is 4.37. The largest absolute Gasteiger partial charge is 0.436 e. The second-order valence-electron chi connectivity index (χ2n) is 3.25. The molecular weight excluding hydrogens is 235 g/mol. The summed E-state index contributed by atoms with van der Waals surface area (Å²) in [4.78, 5) is 4.08. The van der Waals surface area contributed by atoms with Crippen LogP contribution in [0.3, 0.4) is 0 Å². The van der Waals surface area contributed by atoms with Gasteiger partial charge in [0, 0.05) is 19.7 Å². The molecule has 1 unspecified atom stereocenters. The zero-order chi connectivity index (χ0) is 11.7. The number of oxazole rings is 1. The van der Waals surface area contributed by atoms with E-state index in [-0.39, 0.29) is 11.6 Å². The van der Waals surface area contributed by atoms with Gasteiger partial charge in [0.05, 0.1) is 5.02 Å². The number of nitrogens with two attached hydrogens (primary N) is 1. The van der Waals surface area contributed by atoms with Crippen LogP contribution in [0.15, 0.2) is 16.5 Å².